The van der Waals surface area contributed by atoms with Crippen LogP contribution in [0.1, 0.15) is 21.5 Å². The highest BCUT2D eigenvalue weighted by Crippen LogP contribution is 2.34. The van der Waals surface area contributed by atoms with Gasteiger partial charge >= 0.3 is 0 Å². The fourth-order valence-electron chi connectivity index (χ4n) is 3.28. The molecule has 2 N–H and O–H groups in total. The van der Waals surface area contributed by atoms with E-state index in [0.29, 0.717) is 11.3 Å². The fourth-order valence-corrected chi connectivity index (χ4v) is 4.25. The lowest BCUT2D eigenvalue weighted by molar-refractivity contribution is 0.102. The lowest BCUT2D eigenvalue weighted by Crippen LogP contribution is -2.11. The number of anilines is 2. The van der Waals surface area contributed by atoms with Gasteiger partial charge in [0.15, 0.2) is 0 Å². The summed E-state index contributed by atoms with van der Waals surface area (Å²) in [6.45, 7) is 4.14. The molecular weight excluding hydrogens is 420 g/mol. The first kappa shape index (κ1) is 21.5. The van der Waals surface area contributed by atoms with Crippen molar-refractivity contribution in [1.29, 1.82) is 0 Å². The molecule has 0 aliphatic carbocycles. The van der Waals surface area contributed by atoms with E-state index in [-0.39, 0.29) is 5.91 Å². The van der Waals surface area contributed by atoms with Gasteiger partial charge in [0, 0.05) is 11.9 Å². The van der Waals surface area contributed by atoms with Crippen LogP contribution in [0.4, 0.5) is 11.4 Å². The van der Waals surface area contributed by atoms with Gasteiger partial charge < -0.3 is 14.8 Å². The standard InChI is InChI=1S/C25H24N4O2S/c1-17-8-7-9-18(2)24(17)28-32-23-14-20(12-13-22(23)31-3)27-25(30)19-15-26-29(16-19)21-10-5-4-6-11-21/h4-16,28H,1-3H3,(H,27,30). The molecule has 6 nitrogen and oxygen atoms in total. The van der Waals surface area contributed by atoms with E-state index in [4.69, 9.17) is 4.74 Å². The number of methoxy groups -OCH3 is 1. The van der Waals surface area contributed by atoms with Crippen LogP contribution in [0.3, 0.4) is 0 Å². The fraction of sp³-hybridized carbons (Fsp3) is 0.120. The van der Waals surface area contributed by atoms with E-state index in [9.17, 15) is 4.79 Å². The SMILES string of the molecule is COc1ccc(NC(=O)c2cnn(-c3ccccc3)c2)cc1SNc1c(C)cccc1C. The largest absolute Gasteiger partial charge is 0.496 e. The highest BCUT2D eigenvalue weighted by Gasteiger charge is 2.13. The van der Waals surface area contributed by atoms with Gasteiger partial charge in [-0.25, -0.2) is 4.68 Å². The zero-order valence-electron chi connectivity index (χ0n) is 18.1. The van der Waals surface area contributed by atoms with Crippen LogP contribution in [0, 0.1) is 13.8 Å². The molecule has 7 heteroatoms. The lowest BCUT2D eigenvalue weighted by Gasteiger charge is -2.14. The molecule has 0 unspecified atom stereocenters. The third-order valence-electron chi connectivity index (χ3n) is 5.03. The van der Waals surface area contributed by atoms with Crippen LogP contribution in [-0.4, -0.2) is 22.8 Å². The average Bonchev–Trinajstić information content (AvgIpc) is 3.30. The Balaban J connectivity index is 1.50. The van der Waals surface area contributed by atoms with Crippen molar-refractivity contribution >= 4 is 29.2 Å². The maximum Gasteiger partial charge on any atom is 0.258 e. The van der Waals surface area contributed by atoms with Crippen molar-refractivity contribution in [2.75, 3.05) is 17.1 Å². The molecular formula is C25H24N4O2S. The average molecular weight is 445 g/mol. The van der Waals surface area contributed by atoms with E-state index in [2.05, 4.69) is 41.1 Å². The summed E-state index contributed by atoms with van der Waals surface area (Å²) < 4.78 is 10.6. The molecule has 0 aliphatic heterocycles. The monoisotopic (exact) mass is 444 g/mol. The number of aryl methyl sites for hydroxylation is 2. The number of para-hydroxylation sites is 2. The molecule has 32 heavy (non-hydrogen) atoms. The minimum Gasteiger partial charge on any atom is -0.496 e. The Morgan fingerprint density at radius 2 is 1.75 bits per heavy atom. The number of ether oxygens (including phenoxy) is 1. The zero-order valence-corrected chi connectivity index (χ0v) is 18.9. The molecule has 0 saturated heterocycles. The van der Waals surface area contributed by atoms with E-state index in [1.54, 1.807) is 24.2 Å². The molecule has 0 aliphatic rings. The molecule has 0 atom stereocenters. The normalized spacial score (nSPS) is 10.6. The number of benzene rings is 3. The van der Waals surface area contributed by atoms with Crippen LogP contribution in [0.2, 0.25) is 0 Å². The molecule has 1 amide bonds. The van der Waals surface area contributed by atoms with Crippen molar-refractivity contribution in [3.63, 3.8) is 0 Å². The quantitative estimate of drug-likeness (QED) is 0.349. The second kappa shape index (κ2) is 9.62. The Labute approximate surface area is 191 Å². The summed E-state index contributed by atoms with van der Waals surface area (Å²) in [6.07, 6.45) is 3.27. The summed E-state index contributed by atoms with van der Waals surface area (Å²) >= 11 is 1.45. The number of nitrogens with one attached hydrogen (secondary N) is 2. The van der Waals surface area contributed by atoms with Crippen molar-refractivity contribution in [3.05, 3.63) is 95.8 Å². The van der Waals surface area contributed by atoms with Crippen LogP contribution < -0.4 is 14.8 Å². The van der Waals surface area contributed by atoms with Crippen molar-refractivity contribution in [3.8, 4) is 11.4 Å². The Morgan fingerprint density at radius 1 is 1.00 bits per heavy atom. The maximum atomic E-state index is 12.8. The van der Waals surface area contributed by atoms with Crippen LogP contribution >= 0.6 is 11.9 Å². The first-order chi connectivity index (χ1) is 15.5. The predicted molar refractivity (Wildman–Crippen MR) is 130 cm³/mol. The molecule has 0 radical (unpaired) electrons. The highest BCUT2D eigenvalue weighted by atomic mass is 32.2. The van der Waals surface area contributed by atoms with Gasteiger partial charge in [-0.1, -0.05) is 36.4 Å². The van der Waals surface area contributed by atoms with Crippen molar-refractivity contribution in [2.45, 2.75) is 18.7 Å². The number of carbonyl (C=O) groups is 1. The van der Waals surface area contributed by atoms with E-state index < -0.39 is 0 Å². The third-order valence-corrected chi connectivity index (χ3v) is 5.88. The second-order valence-corrected chi connectivity index (χ2v) is 8.15. The first-order valence-electron chi connectivity index (χ1n) is 10.1. The molecule has 4 aromatic rings. The topological polar surface area (TPSA) is 68.2 Å². The summed E-state index contributed by atoms with van der Waals surface area (Å²) in [5.74, 6) is 0.500. The zero-order chi connectivity index (χ0) is 22.5. The van der Waals surface area contributed by atoms with Crippen molar-refractivity contribution < 1.29 is 9.53 Å². The summed E-state index contributed by atoms with van der Waals surface area (Å²) in [5, 5.41) is 7.24. The Hall–Kier alpha value is -3.71. The smallest absolute Gasteiger partial charge is 0.258 e. The molecule has 1 heterocycles. The molecule has 1 aromatic heterocycles. The minimum absolute atomic E-state index is 0.226. The predicted octanol–water partition coefficient (Wildman–Crippen LogP) is 5.87. The number of hydrogen-bond acceptors (Lipinski definition) is 5. The van der Waals surface area contributed by atoms with Gasteiger partial charge in [-0.05, 0) is 67.3 Å². The van der Waals surface area contributed by atoms with Crippen molar-refractivity contribution in [1.82, 2.24) is 9.78 Å². The number of carbonyl (C=O) groups excluding carboxylic acids is 1. The number of rotatable bonds is 7. The molecule has 162 valence electrons. The highest BCUT2D eigenvalue weighted by molar-refractivity contribution is 8.00. The van der Waals surface area contributed by atoms with Gasteiger partial charge in [-0.2, -0.15) is 5.10 Å². The van der Waals surface area contributed by atoms with E-state index in [1.807, 2.05) is 54.6 Å². The number of hydrogen-bond donors (Lipinski definition) is 2. The molecule has 0 fully saturated rings. The van der Waals surface area contributed by atoms with E-state index in [0.717, 1.165) is 33.1 Å². The van der Waals surface area contributed by atoms with Gasteiger partial charge in [0.25, 0.3) is 5.91 Å². The van der Waals surface area contributed by atoms with Gasteiger partial charge in [0.2, 0.25) is 0 Å². The lowest BCUT2D eigenvalue weighted by atomic mass is 10.1. The maximum absolute atomic E-state index is 12.8. The van der Waals surface area contributed by atoms with Gasteiger partial charge in [-0.3, -0.25) is 4.79 Å². The Bertz CT molecular complexity index is 1220. The number of amides is 1. The van der Waals surface area contributed by atoms with Gasteiger partial charge in [-0.15, -0.1) is 0 Å². The van der Waals surface area contributed by atoms with Crippen LogP contribution in [0.25, 0.3) is 5.69 Å². The van der Waals surface area contributed by atoms with Crippen LogP contribution in [-0.2, 0) is 0 Å². The Morgan fingerprint density at radius 3 is 2.47 bits per heavy atom. The molecule has 0 spiro atoms. The van der Waals surface area contributed by atoms with Crippen LogP contribution in [0.5, 0.6) is 5.75 Å². The molecule has 4 rings (SSSR count). The van der Waals surface area contributed by atoms with Gasteiger partial charge in [0.05, 0.1) is 35.1 Å². The van der Waals surface area contributed by atoms with E-state index >= 15 is 0 Å². The Kier molecular flexibility index (Phi) is 6.47. The summed E-state index contributed by atoms with van der Waals surface area (Å²) in [5.41, 5.74) is 5.45. The number of nitrogens with zero attached hydrogens (tertiary/aromatic N) is 2. The molecule has 0 bridgehead atoms. The summed E-state index contributed by atoms with van der Waals surface area (Å²) in [4.78, 5) is 13.6. The third kappa shape index (κ3) is 4.78. The first-order valence-corrected chi connectivity index (χ1v) is 11.0. The summed E-state index contributed by atoms with van der Waals surface area (Å²) in [6, 6.07) is 21.4. The second-order valence-electron chi connectivity index (χ2n) is 7.30. The van der Waals surface area contributed by atoms with Crippen molar-refractivity contribution in [2.24, 2.45) is 0 Å². The van der Waals surface area contributed by atoms with E-state index in [1.165, 1.54) is 11.9 Å². The van der Waals surface area contributed by atoms with Gasteiger partial charge in [0.1, 0.15) is 5.75 Å². The molecule has 3 aromatic carbocycles. The summed E-state index contributed by atoms with van der Waals surface area (Å²) in [7, 11) is 1.63. The van der Waals surface area contributed by atoms with Crippen LogP contribution in [0.15, 0.2) is 84.0 Å². The molecule has 0 saturated carbocycles. The minimum atomic E-state index is -0.226. The number of aromatic nitrogens is 2.